The second-order valence-corrected chi connectivity index (χ2v) is 7.36. The van der Waals surface area contributed by atoms with E-state index >= 15 is 0 Å². The van der Waals surface area contributed by atoms with E-state index in [-0.39, 0.29) is 30.3 Å². The molecule has 0 radical (unpaired) electrons. The third-order valence-corrected chi connectivity index (χ3v) is 5.47. The summed E-state index contributed by atoms with van der Waals surface area (Å²) in [6.07, 6.45) is -3.83. The molecule has 12 heteroatoms. The third-order valence-electron chi connectivity index (χ3n) is 5.47. The molecule has 0 amide bonds. The van der Waals surface area contributed by atoms with Crippen molar-refractivity contribution in [2.45, 2.75) is 50.9 Å². The zero-order valence-corrected chi connectivity index (χ0v) is 15.7. The third kappa shape index (κ3) is 3.07. The molecule has 4 rings (SSSR count). The molecular formula is C17H22FN5O6. The van der Waals surface area contributed by atoms with Gasteiger partial charge in [-0.1, -0.05) is 0 Å². The van der Waals surface area contributed by atoms with Crippen LogP contribution < -0.4 is 11.4 Å². The molecule has 2 fully saturated rings. The maximum atomic E-state index is 14.2. The van der Waals surface area contributed by atoms with Gasteiger partial charge in [0.1, 0.15) is 17.7 Å². The van der Waals surface area contributed by atoms with Crippen LogP contribution in [0.15, 0.2) is 11.0 Å². The predicted octanol–water partition coefficient (Wildman–Crippen LogP) is -0.893. The van der Waals surface area contributed by atoms with E-state index in [0.29, 0.717) is 12.8 Å². The number of fused-ring (bicyclic) bond motifs is 1. The van der Waals surface area contributed by atoms with Crippen LogP contribution >= 0.6 is 0 Å². The van der Waals surface area contributed by atoms with Crippen molar-refractivity contribution in [1.29, 1.82) is 0 Å². The van der Waals surface area contributed by atoms with Crippen LogP contribution in [0.2, 0.25) is 0 Å². The van der Waals surface area contributed by atoms with E-state index in [0.717, 1.165) is 4.57 Å². The number of hydrogen-bond acceptors (Lipinski definition) is 9. The molecule has 11 nitrogen and oxygen atoms in total. The summed E-state index contributed by atoms with van der Waals surface area (Å²) in [4.78, 5) is 33.5. The zero-order chi connectivity index (χ0) is 20.9. The highest BCUT2D eigenvalue weighted by molar-refractivity contribution is 5.80. The summed E-state index contributed by atoms with van der Waals surface area (Å²) in [6.45, 7) is 1.28. The van der Waals surface area contributed by atoms with E-state index in [1.165, 1.54) is 10.8 Å². The number of nitrogen functional groups attached to an aromatic ring is 1. The Bertz CT molecular complexity index is 1000. The molecule has 158 valence electrons. The SMILES string of the molecule is CCOC(=O)C1(Cn2c(=O)n([C@@H]3O[C@H](CO)[C@@H](F)[C@H]3O)c3nc(N)ncc32)CC1. The number of alkyl halides is 1. The number of anilines is 1. The summed E-state index contributed by atoms with van der Waals surface area (Å²) >= 11 is 0. The number of imidazole rings is 1. The van der Waals surface area contributed by atoms with E-state index in [2.05, 4.69) is 9.97 Å². The number of rotatable bonds is 6. The average Bonchev–Trinajstić information content (AvgIpc) is 3.37. The highest BCUT2D eigenvalue weighted by Gasteiger charge is 2.53. The molecule has 0 unspecified atom stereocenters. The zero-order valence-electron chi connectivity index (χ0n) is 15.7. The second kappa shape index (κ2) is 7.04. The van der Waals surface area contributed by atoms with E-state index in [9.17, 15) is 24.2 Å². The molecule has 3 heterocycles. The average molecular weight is 411 g/mol. The molecule has 2 aromatic heterocycles. The number of nitrogens with zero attached hydrogens (tertiary/aromatic N) is 4. The Kier molecular flexibility index (Phi) is 4.79. The van der Waals surface area contributed by atoms with Gasteiger partial charge in [0.15, 0.2) is 18.0 Å². The van der Waals surface area contributed by atoms with Gasteiger partial charge in [0, 0.05) is 6.54 Å². The van der Waals surface area contributed by atoms with Crippen LogP contribution in [-0.4, -0.2) is 66.9 Å². The van der Waals surface area contributed by atoms with Crippen LogP contribution in [0.4, 0.5) is 10.3 Å². The molecule has 4 N–H and O–H groups in total. The predicted molar refractivity (Wildman–Crippen MR) is 96.4 cm³/mol. The number of aliphatic hydroxyl groups excluding tert-OH is 2. The first-order chi connectivity index (χ1) is 13.8. The number of ether oxygens (including phenoxy) is 2. The van der Waals surface area contributed by atoms with Gasteiger partial charge in [-0.05, 0) is 19.8 Å². The minimum absolute atomic E-state index is 0.0206. The lowest BCUT2D eigenvalue weighted by molar-refractivity contribution is -0.150. The lowest BCUT2D eigenvalue weighted by atomic mass is 10.1. The molecule has 0 bridgehead atoms. The Morgan fingerprint density at radius 1 is 1.52 bits per heavy atom. The van der Waals surface area contributed by atoms with Crippen molar-refractivity contribution in [3.05, 3.63) is 16.7 Å². The van der Waals surface area contributed by atoms with Gasteiger partial charge in [-0.15, -0.1) is 0 Å². The monoisotopic (exact) mass is 411 g/mol. The number of halogens is 1. The minimum Gasteiger partial charge on any atom is -0.466 e. The van der Waals surface area contributed by atoms with Gasteiger partial charge < -0.3 is 25.4 Å². The van der Waals surface area contributed by atoms with E-state index in [4.69, 9.17) is 15.2 Å². The standard InChI is InChI=1S/C17H22FN5O6/c1-2-28-14(26)17(3-4-17)7-22-8-5-20-15(19)21-12(8)23(16(22)27)13-11(25)10(18)9(6-24)29-13/h5,9-11,13,24-25H,2-4,6-7H2,1H3,(H2,19,20,21)/t9-,10-,11-,13-/m1/s1. The van der Waals surface area contributed by atoms with Crippen molar-refractivity contribution in [2.24, 2.45) is 5.41 Å². The Balaban J connectivity index is 1.81. The van der Waals surface area contributed by atoms with Crippen LogP contribution in [0.1, 0.15) is 26.0 Å². The number of carbonyl (C=O) groups is 1. The Morgan fingerprint density at radius 2 is 2.24 bits per heavy atom. The number of aliphatic hydroxyl groups is 2. The quantitative estimate of drug-likeness (QED) is 0.513. The van der Waals surface area contributed by atoms with Crippen molar-refractivity contribution in [3.8, 4) is 0 Å². The fraction of sp³-hybridized carbons (Fsp3) is 0.647. The van der Waals surface area contributed by atoms with Crippen LogP contribution in [0.3, 0.4) is 0 Å². The molecule has 2 aliphatic rings. The maximum absolute atomic E-state index is 14.2. The summed E-state index contributed by atoms with van der Waals surface area (Å²) in [7, 11) is 0. The Hall–Kier alpha value is -2.57. The number of aromatic nitrogens is 4. The smallest absolute Gasteiger partial charge is 0.332 e. The second-order valence-electron chi connectivity index (χ2n) is 7.36. The van der Waals surface area contributed by atoms with E-state index in [1.54, 1.807) is 6.92 Å². The molecule has 4 atom stereocenters. The molecule has 29 heavy (non-hydrogen) atoms. The molecule has 0 aromatic carbocycles. The lowest BCUT2D eigenvalue weighted by Gasteiger charge is -2.16. The van der Waals surface area contributed by atoms with Gasteiger partial charge in [-0.3, -0.25) is 9.36 Å². The molecule has 1 saturated carbocycles. The Morgan fingerprint density at radius 3 is 2.83 bits per heavy atom. The summed E-state index contributed by atoms with van der Waals surface area (Å²) < 4.78 is 27.0. The Labute approximate surface area is 163 Å². The minimum atomic E-state index is -1.89. The van der Waals surface area contributed by atoms with Crippen LogP contribution in [-0.2, 0) is 20.8 Å². The normalized spacial score (nSPS) is 28.0. The molecule has 1 aliphatic carbocycles. The first-order valence-corrected chi connectivity index (χ1v) is 9.32. The highest BCUT2D eigenvalue weighted by atomic mass is 19.1. The summed E-state index contributed by atoms with van der Waals surface area (Å²) in [5.41, 5.74) is 4.47. The number of esters is 1. The summed E-state index contributed by atoms with van der Waals surface area (Å²) in [5.74, 6) is -0.525. The van der Waals surface area contributed by atoms with Crippen LogP contribution in [0, 0.1) is 5.41 Å². The molecule has 2 aromatic rings. The molecule has 1 saturated heterocycles. The summed E-state index contributed by atoms with van der Waals surface area (Å²) in [6, 6.07) is 0. The van der Waals surface area contributed by atoms with Gasteiger partial charge in [0.2, 0.25) is 5.95 Å². The van der Waals surface area contributed by atoms with Gasteiger partial charge in [-0.25, -0.2) is 18.7 Å². The van der Waals surface area contributed by atoms with Gasteiger partial charge in [0.25, 0.3) is 0 Å². The van der Waals surface area contributed by atoms with Gasteiger partial charge >= 0.3 is 11.7 Å². The highest BCUT2D eigenvalue weighted by Crippen LogP contribution is 2.48. The first-order valence-electron chi connectivity index (χ1n) is 9.32. The largest absolute Gasteiger partial charge is 0.466 e. The fourth-order valence-corrected chi connectivity index (χ4v) is 3.69. The van der Waals surface area contributed by atoms with Gasteiger partial charge in [0.05, 0.1) is 24.8 Å². The first kappa shape index (κ1) is 19.7. The van der Waals surface area contributed by atoms with Crippen molar-refractivity contribution < 1.29 is 28.9 Å². The molecule has 0 spiro atoms. The maximum Gasteiger partial charge on any atom is 0.332 e. The fourth-order valence-electron chi connectivity index (χ4n) is 3.69. The van der Waals surface area contributed by atoms with E-state index in [1.807, 2.05) is 0 Å². The number of nitrogens with two attached hydrogens (primary N) is 1. The molecular weight excluding hydrogens is 389 g/mol. The van der Waals surface area contributed by atoms with Crippen molar-refractivity contribution in [3.63, 3.8) is 0 Å². The van der Waals surface area contributed by atoms with Gasteiger partial charge in [-0.2, -0.15) is 4.98 Å². The van der Waals surface area contributed by atoms with E-state index < -0.39 is 48.3 Å². The van der Waals surface area contributed by atoms with Crippen LogP contribution in [0.25, 0.3) is 11.2 Å². The molecule has 1 aliphatic heterocycles. The number of hydrogen-bond donors (Lipinski definition) is 3. The topological polar surface area (TPSA) is 155 Å². The lowest BCUT2D eigenvalue weighted by Crippen LogP contribution is -2.36. The summed E-state index contributed by atoms with van der Waals surface area (Å²) in [5, 5.41) is 19.5. The van der Waals surface area contributed by atoms with Crippen molar-refractivity contribution in [1.82, 2.24) is 19.1 Å². The van der Waals surface area contributed by atoms with Crippen molar-refractivity contribution >= 4 is 23.1 Å². The van der Waals surface area contributed by atoms with Crippen LogP contribution in [0.5, 0.6) is 0 Å². The number of carbonyl (C=O) groups excluding carboxylic acids is 1. The van der Waals surface area contributed by atoms with Crippen molar-refractivity contribution in [2.75, 3.05) is 18.9 Å².